The zero-order valence-corrected chi connectivity index (χ0v) is 15.4. The summed E-state index contributed by atoms with van der Waals surface area (Å²) in [5.74, 6) is 1.91. The Balaban J connectivity index is 1.46. The van der Waals surface area contributed by atoms with Gasteiger partial charge in [-0.15, -0.1) is 0 Å². The number of hydrazine groups is 3. The number of benzene rings is 3. The second-order valence-corrected chi connectivity index (χ2v) is 6.70. The van der Waals surface area contributed by atoms with Gasteiger partial charge in [0.15, 0.2) is 0 Å². The molecule has 0 spiro atoms. The van der Waals surface area contributed by atoms with E-state index in [2.05, 4.69) is 32.6 Å². The van der Waals surface area contributed by atoms with E-state index >= 15 is 0 Å². The first-order valence-electron chi connectivity index (χ1n) is 9.27. The summed E-state index contributed by atoms with van der Waals surface area (Å²) >= 11 is 0. The lowest BCUT2D eigenvalue weighted by Crippen LogP contribution is -2.36. The number of imidazole rings is 1. The molecule has 4 aromatic rings. The van der Waals surface area contributed by atoms with Crippen LogP contribution in [0.2, 0.25) is 0 Å². The van der Waals surface area contributed by atoms with Crippen LogP contribution >= 0.6 is 0 Å². The van der Waals surface area contributed by atoms with Gasteiger partial charge in [-0.25, -0.2) is 20.2 Å². The van der Waals surface area contributed by atoms with Crippen LogP contribution in [0.25, 0.3) is 16.7 Å². The molecule has 146 valence electrons. The third kappa shape index (κ3) is 3.69. The molecular weight excluding hydrogens is 371 g/mol. The minimum absolute atomic E-state index is 0.00615. The third-order valence-corrected chi connectivity index (χ3v) is 4.72. The van der Waals surface area contributed by atoms with Gasteiger partial charge in [0.2, 0.25) is 0 Å². The summed E-state index contributed by atoms with van der Waals surface area (Å²) in [6.07, 6.45) is 0.675. The Morgan fingerprint density at radius 2 is 1.52 bits per heavy atom. The summed E-state index contributed by atoms with van der Waals surface area (Å²) in [6.45, 7) is 0. The van der Waals surface area contributed by atoms with E-state index in [1.807, 2.05) is 42.5 Å². The summed E-state index contributed by atoms with van der Waals surface area (Å²) in [4.78, 5) is 4.81. The van der Waals surface area contributed by atoms with Crippen molar-refractivity contribution in [3.63, 3.8) is 0 Å². The van der Waals surface area contributed by atoms with Crippen molar-refractivity contribution in [3.05, 3.63) is 84.4 Å². The van der Waals surface area contributed by atoms with E-state index in [4.69, 9.17) is 9.72 Å². The van der Waals surface area contributed by atoms with Crippen LogP contribution in [0, 0.1) is 5.82 Å². The van der Waals surface area contributed by atoms with E-state index in [1.165, 1.54) is 12.1 Å². The number of nitrogens with one attached hydrogen (secondary N) is 4. The van der Waals surface area contributed by atoms with Crippen LogP contribution in [-0.4, -0.2) is 15.7 Å². The first-order valence-corrected chi connectivity index (χ1v) is 9.27. The van der Waals surface area contributed by atoms with Gasteiger partial charge >= 0.3 is 0 Å². The van der Waals surface area contributed by atoms with E-state index in [1.54, 1.807) is 12.1 Å². The summed E-state index contributed by atoms with van der Waals surface area (Å²) in [5.41, 5.74) is 14.8. The SMILES string of the molecule is Fc1ccc(Oc2ccc(-n3c(CC4NNNN4)nc4ccccc43)cc2)cc1. The van der Waals surface area contributed by atoms with Crippen LogP contribution in [-0.2, 0) is 6.42 Å². The fraction of sp³-hybridized carbons (Fsp3) is 0.0952. The normalized spacial score (nSPS) is 14.5. The molecule has 29 heavy (non-hydrogen) atoms. The zero-order valence-electron chi connectivity index (χ0n) is 15.4. The Morgan fingerprint density at radius 1 is 0.862 bits per heavy atom. The molecule has 5 rings (SSSR count). The molecule has 3 aromatic carbocycles. The quantitative estimate of drug-likeness (QED) is 0.420. The van der Waals surface area contributed by atoms with Crippen molar-refractivity contribution in [2.45, 2.75) is 12.6 Å². The van der Waals surface area contributed by atoms with Gasteiger partial charge < -0.3 is 4.74 Å². The van der Waals surface area contributed by atoms with Gasteiger partial charge in [0.1, 0.15) is 23.1 Å². The van der Waals surface area contributed by atoms with Gasteiger partial charge in [-0.1, -0.05) is 12.1 Å². The van der Waals surface area contributed by atoms with Crippen LogP contribution in [0.1, 0.15) is 5.82 Å². The van der Waals surface area contributed by atoms with Crippen LogP contribution in [0.5, 0.6) is 11.5 Å². The maximum absolute atomic E-state index is 13.1. The molecule has 0 aliphatic carbocycles. The van der Waals surface area contributed by atoms with Gasteiger partial charge in [0, 0.05) is 12.1 Å². The molecule has 0 radical (unpaired) electrons. The molecule has 0 atom stereocenters. The molecule has 1 saturated heterocycles. The molecule has 0 saturated carbocycles. The average Bonchev–Trinajstić information content (AvgIpc) is 3.38. The molecule has 2 heterocycles. The largest absolute Gasteiger partial charge is 0.457 e. The molecule has 4 N–H and O–H groups in total. The molecule has 1 fully saturated rings. The number of hydrogen-bond acceptors (Lipinski definition) is 6. The highest BCUT2D eigenvalue weighted by atomic mass is 19.1. The number of rotatable bonds is 5. The Bertz CT molecular complexity index is 1120. The lowest BCUT2D eigenvalue weighted by atomic mass is 10.2. The van der Waals surface area contributed by atoms with Crippen LogP contribution < -0.4 is 26.7 Å². The molecule has 0 unspecified atom stereocenters. The summed E-state index contributed by atoms with van der Waals surface area (Å²) in [7, 11) is 0. The number of halogens is 1. The van der Waals surface area contributed by atoms with E-state index in [-0.39, 0.29) is 12.0 Å². The predicted molar refractivity (Wildman–Crippen MR) is 108 cm³/mol. The number of fused-ring (bicyclic) bond motifs is 1. The van der Waals surface area contributed by atoms with Crippen LogP contribution in [0.15, 0.2) is 72.8 Å². The molecule has 0 amide bonds. The minimum Gasteiger partial charge on any atom is -0.457 e. The van der Waals surface area contributed by atoms with Gasteiger partial charge in [-0.2, -0.15) is 11.1 Å². The molecule has 8 heteroatoms. The number of aromatic nitrogens is 2. The Kier molecular flexibility index (Phi) is 4.66. The van der Waals surface area contributed by atoms with Crippen molar-refractivity contribution in [2.75, 3.05) is 0 Å². The van der Waals surface area contributed by atoms with Gasteiger partial charge in [0.25, 0.3) is 0 Å². The molecular formula is C21H19FN6O. The Labute approximate surface area is 166 Å². The van der Waals surface area contributed by atoms with Crippen molar-refractivity contribution in [3.8, 4) is 17.2 Å². The zero-order chi connectivity index (χ0) is 19.6. The van der Waals surface area contributed by atoms with Gasteiger partial charge in [-0.05, 0) is 60.7 Å². The second-order valence-electron chi connectivity index (χ2n) is 6.70. The smallest absolute Gasteiger partial charge is 0.127 e. The monoisotopic (exact) mass is 390 g/mol. The minimum atomic E-state index is -0.288. The average molecular weight is 390 g/mol. The third-order valence-electron chi connectivity index (χ3n) is 4.72. The van der Waals surface area contributed by atoms with Crippen molar-refractivity contribution in [2.24, 2.45) is 0 Å². The highest BCUT2D eigenvalue weighted by Crippen LogP contribution is 2.26. The lowest BCUT2D eigenvalue weighted by Gasteiger charge is -2.13. The highest BCUT2D eigenvalue weighted by molar-refractivity contribution is 5.78. The number of nitrogens with zero attached hydrogens (tertiary/aromatic N) is 2. The second kappa shape index (κ2) is 7.61. The summed E-state index contributed by atoms with van der Waals surface area (Å²) in [5, 5.41) is 0. The van der Waals surface area contributed by atoms with Gasteiger partial charge in [0.05, 0.1) is 17.2 Å². The summed E-state index contributed by atoms with van der Waals surface area (Å²) < 4.78 is 21.0. The Hall–Kier alpha value is -3.30. The van der Waals surface area contributed by atoms with E-state index in [0.29, 0.717) is 17.9 Å². The Morgan fingerprint density at radius 3 is 2.24 bits per heavy atom. The molecule has 0 bridgehead atoms. The topological polar surface area (TPSA) is 75.2 Å². The van der Waals surface area contributed by atoms with E-state index < -0.39 is 0 Å². The number of ether oxygens (including phenoxy) is 1. The van der Waals surface area contributed by atoms with Crippen LogP contribution in [0.4, 0.5) is 4.39 Å². The predicted octanol–water partition coefficient (Wildman–Crippen LogP) is 2.94. The molecule has 1 aliphatic rings. The fourth-order valence-electron chi connectivity index (χ4n) is 3.37. The standard InChI is InChI=1S/C21H19FN6O/c22-14-5-9-16(10-6-14)29-17-11-7-15(8-12-17)28-19-4-2-1-3-18(19)23-21(28)13-20-24-26-27-25-20/h1-12,20,24-27H,13H2. The molecule has 1 aliphatic heterocycles. The molecule has 1 aromatic heterocycles. The van der Waals surface area contributed by atoms with Crippen molar-refractivity contribution >= 4 is 11.0 Å². The van der Waals surface area contributed by atoms with Crippen molar-refractivity contribution in [1.82, 2.24) is 31.5 Å². The van der Waals surface area contributed by atoms with Crippen molar-refractivity contribution in [1.29, 1.82) is 0 Å². The van der Waals surface area contributed by atoms with E-state index in [9.17, 15) is 4.39 Å². The fourth-order valence-corrected chi connectivity index (χ4v) is 3.37. The first-order chi connectivity index (χ1) is 14.3. The highest BCUT2D eigenvalue weighted by Gasteiger charge is 2.19. The lowest BCUT2D eigenvalue weighted by molar-refractivity contribution is 0.480. The summed E-state index contributed by atoms with van der Waals surface area (Å²) in [6, 6.07) is 21.8. The van der Waals surface area contributed by atoms with Crippen LogP contribution in [0.3, 0.4) is 0 Å². The van der Waals surface area contributed by atoms with Gasteiger partial charge in [-0.3, -0.25) is 4.57 Å². The molecule has 7 nitrogen and oxygen atoms in total. The van der Waals surface area contributed by atoms with E-state index in [0.717, 1.165) is 22.5 Å². The number of hydrogen-bond donors (Lipinski definition) is 4. The van der Waals surface area contributed by atoms with Crippen molar-refractivity contribution < 1.29 is 9.13 Å². The first kappa shape index (κ1) is 17.8. The maximum atomic E-state index is 13.1. The number of para-hydroxylation sites is 2. The maximum Gasteiger partial charge on any atom is 0.127 e.